The molecule has 0 aromatic carbocycles. The van der Waals surface area contributed by atoms with Gasteiger partial charge >= 0.3 is 0 Å². The number of nitrogens with zero attached hydrogens (tertiary/aromatic N) is 1. The molecule has 1 aliphatic carbocycles. The lowest BCUT2D eigenvalue weighted by molar-refractivity contribution is 0.000520. The highest BCUT2D eigenvalue weighted by Gasteiger charge is 2.36. The van der Waals surface area contributed by atoms with Gasteiger partial charge in [0.1, 0.15) is 0 Å². The van der Waals surface area contributed by atoms with Gasteiger partial charge in [0.15, 0.2) is 0 Å². The topological polar surface area (TPSA) is 24.5 Å². The van der Waals surface area contributed by atoms with Crippen LogP contribution in [0, 0.1) is 11.3 Å². The molecule has 3 rings (SSSR count). The highest BCUT2D eigenvalue weighted by Crippen LogP contribution is 2.44. The summed E-state index contributed by atoms with van der Waals surface area (Å²) in [6.45, 7) is 9.11. The van der Waals surface area contributed by atoms with E-state index in [-0.39, 0.29) is 0 Å². The summed E-state index contributed by atoms with van der Waals surface area (Å²) in [5.41, 5.74) is 0.735. The Morgan fingerprint density at radius 3 is 2.57 bits per heavy atom. The van der Waals surface area contributed by atoms with Crippen LogP contribution in [0.5, 0.6) is 0 Å². The van der Waals surface area contributed by atoms with Crippen molar-refractivity contribution < 1.29 is 4.74 Å². The van der Waals surface area contributed by atoms with E-state index in [1.807, 2.05) is 0 Å². The van der Waals surface area contributed by atoms with Gasteiger partial charge in [0, 0.05) is 25.1 Å². The number of ether oxygens (including phenoxy) is 1. The van der Waals surface area contributed by atoms with E-state index < -0.39 is 0 Å². The number of nitrogens with one attached hydrogen (secondary N) is 1. The van der Waals surface area contributed by atoms with Gasteiger partial charge in [-0.1, -0.05) is 26.2 Å². The van der Waals surface area contributed by atoms with Gasteiger partial charge in [0.25, 0.3) is 0 Å². The Hall–Kier alpha value is -0.120. The molecule has 0 aromatic heterocycles. The van der Waals surface area contributed by atoms with Crippen LogP contribution in [-0.4, -0.2) is 50.3 Å². The van der Waals surface area contributed by atoms with Crippen LogP contribution in [0.3, 0.4) is 0 Å². The molecule has 3 fully saturated rings. The van der Waals surface area contributed by atoms with E-state index in [9.17, 15) is 0 Å². The minimum Gasteiger partial charge on any atom is -0.381 e. The van der Waals surface area contributed by atoms with Crippen molar-refractivity contribution in [2.24, 2.45) is 11.3 Å². The van der Waals surface area contributed by atoms with Crippen LogP contribution in [-0.2, 0) is 4.74 Å². The normalized spacial score (nSPS) is 34.1. The number of hydrogen-bond acceptors (Lipinski definition) is 3. The highest BCUT2D eigenvalue weighted by molar-refractivity contribution is 4.90. The molecule has 2 heterocycles. The van der Waals surface area contributed by atoms with Gasteiger partial charge in [0.05, 0.1) is 6.61 Å². The Labute approximate surface area is 130 Å². The van der Waals surface area contributed by atoms with E-state index in [0.29, 0.717) is 12.0 Å². The Balaban J connectivity index is 1.47. The van der Waals surface area contributed by atoms with E-state index >= 15 is 0 Å². The van der Waals surface area contributed by atoms with Crippen LogP contribution in [0.1, 0.15) is 58.3 Å². The van der Waals surface area contributed by atoms with Crippen molar-refractivity contribution in [3.8, 4) is 0 Å². The molecular weight excluding hydrogens is 260 g/mol. The first kappa shape index (κ1) is 15.8. The predicted molar refractivity (Wildman–Crippen MR) is 87.6 cm³/mol. The average molecular weight is 294 g/mol. The maximum absolute atomic E-state index is 5.74. The molecule has 1 N–H and O–H groups in total. The summed E-state index contributed by atoms with van der Waals surface area (Å²) in [6, 6.07) is 0.675. The Morgan fingerprint density at radius 2 is 1.86 bits per heavy atom. The first-order valence-electron chi connectivity index (χ1n) is 9.35. The summed E-state index contributed by atoms with van der Waals surface area (Å²) in [4.78, 5) is 2.73. The van der Waals surface area contributed by atoms with E-state index in [1.54, 1.807) is 0 Å². The van der Waals surface area contributed by atoms with Gasteiger partial charge in [-0.25, -0.2) is 0 Å². The van der Waals surface area contributed by atoms with E-state index in [4.69, 9.17) is 4.74 Å². The monoisotopic (exact) mass is 294 g/mol. The minimum atomic E-state index is 0.675. The molecule has 2 unspecified atom stereocenters. The molecule has 0 amide bonds. The van der Waals surface area contributed by atoms with Crippen molar-refractivity contribution in [3.05, 3.63) is 0 Å². The Morgan fingerprint density at radius 1 is 1.10 bits per heavy atom. The lowest BCUT2D eigenvalue weighted by Crippen LogP contribution is -2.50. The zero-order valence-corrected chi connectivity index (χ0v) is 13.9. The molecule has 2 aliphatic heterocycles. The van der Waals surface area contributed by atoms with Crippen LogP contribution in [0.4, 0.5) is 0 Å². The standard InChI is InChI=1S/C18H34N2O/c1-2-19-17-6-13-21-15-16(17)14-20-11-9-18(10-12-20)7-4-3-5-8-18/h16-17,19H,2-15H2,1H3. The molecule has 2 saturated heterocycles. The summed E-state index contributed by atoms with van der Waals surface area (Å²) in [5, 5.41) is 3.67. The van der Waals surface area contributed by atoms with E-state index in [1.165, 1.54) is 71.0 Å². The summed E-state index contributed by atoms with van der Waals surface area (Å²) >= 11 is 0. The fourth-order valence-corrected chi connectivity index (χ4v) is 4.85. The van der Waals surface area contributed by atoms with Gasteiger partial charge in [-0.2, -0.15) is 0 Å². The largest absolute Gasteiger partial charge is 0.381 e. The van der Waals surface area contributed by atoms with Crippen molar-refractivity contribution in [1.82, 2.24) is 10.2 Å². The highest BCUT2D eigenvalue weighted by atomic mass is 16.5. The molecule has 3 nitrogen and oxygen atoms in total. The second kappa shape index (κ2) is 7.43. The van der Waals surface area contributed by atoms with Crippen LogP contribution in [0.2, 0.25) is 0 Å². The SMILES string of the molecule is CCNC1CCOCC1CN1CCC2(CCCCC2)CC1. The maximum atomic E-state index is 5.74. The molecular formula is C18H34N2O. The average Bonchev–Trinajstić information content (AvgIpc) is 2.53. The Kier molecular flexibility index (Phi) is 5.58. The second-order valence-electron chi connectivity index (χ2n) is 7.65. The van der Waals surface area contributed by atoms with Crippen LogP contribution < -0.4 is 5.32 Å². The first-order valence-corrected chi connectivity index (χ1v) is 9.35. The molecule has 0 bridgehead atoms. The molecule has 2 atom stereocenters. The molecule has 1 saturated carbocycles. The van der Waals surface area contributed by atoms with Gasteiger partial charge in [0.2, 0.25) is 0 Å². The maximum Gasteiger partial charge on any atom is 0.0521 e. The van der Waals surface area contributed by atoms with Crippen molar-refractivity contribution in [3.63, 3.8) is 0 Å². The lowest BCUT2D eigenvalue weighted by Gasteiger charge is -2.46. The molecule has 0 radical (unpaired) electrons. The molecule has 0 aromatic rings. The number of rotatable bonds is 4. The fraction of sp³-hybridized carbons (Fsp3) is 1.00. The van der Waals surface area contributed by atoms with Crippen molar-refractivity contribution in [2.45, 2.75) is 64.3 Å². The summed E-state index contributed by atoms with van der Waals surface area (Å²) in [5.74, 6) is 0.694. The molecule has 1 spiro atoms. The zero-order chi connectivity index (χ0) is 14.5. The molecule has 3 aliphatic rings. The van der Waals surface area contributed by atoms with Crippen molar-refractivity contribution in [2.75, 3.05) is 39.4 Å². The van der Waals surface area contributed by atoms with Gasteiger partial charge < -0.3 is 15.0 Å². The van der Waals surface area contributed by atoms with Crippen LogP contribution in [0.25, 0.3) is 0 Å². The third kappa shape index (κ3) is 4.00. The minimum absolute atomic E-state index is 0.675. The fourth-order valence-electron chi connectivity index (χ4n) is 4.85. The van der Waals surface area contributed by atoms with Crippen molar-refractivity contribution in [1.29, 1.82) is 0 Å². The van der Waals surface area contributed by atoms with Gasteiger partial charge in [-0.3, -0.25) is 0 Å². The number of piperidine rings is 1. The summed E-state index contributed by atoms with van der Waals surface area (Å²) in [7, 11) is 0. The molecule has 21 heavy (non-hydrogen) atoms. The van der Waals surface area contributed by atoms with Gasteiger partial charge in [-0.05, 0) is 57.2 Å². The third-order valence-electron chi connectivity index (χ3n) is 6.26. The third-order valence-corrected chi connectivity index (χ3v) is 6.26. The predicted octanol–water partition coefficient (Wildman–Crippen LogP) is 3.05. The molecule has 122 valence electrons. The second-order valence-corrected chi connectivity index (χ2v) is 7.65. The Bertz CT molecular complexity index is 302. The summed E-state index contributed by atoms with van der Waals surface area (Å²) in [6.07, 6.45) is 11.6. The smallest absolute Gasteiger partial charge is 0.0521 e. The zero-order valence-electron chi connectivity index (χ0n) is 13.9. The quantitative estimate of drug-likeness (QED) is 0.862. The first-order chi connectivity index (χ1) is 10.3. The van der Waals surface area contributed by atoms with E-state index in [0.717, 1.165) is 25.2 Å². The lowest BCUT2D eigenvalue weighted by atomic mass is 9.68. The van der Waals surface area contributed by atoms with Crippen LogP contribution in [0.15, 0.2) is 0 Å². The van der Waals surface area contributed by atoms with Crippen molar-refractivity contribution >= 4 is 0 Å². The van der Waals surface area contributed by atoms with Gasteiger partial charge in [-0.15, -0.1) is 0 Å². The van der Waals surface area contributed by atoms with Crippen LogP contribution >= 0.6 is 0 Å². The number of hydrogen-bond donors (Lipinski definition) is 1. The summed E-state index contributed by atoms with van der Waals surface area (Å²) < 4.78 is 5.74. The molecule has 3 heteroatoms. The number of likely N-dealkylation sites (tertiary alicyclic amines) is 1. The van der Waals surface area contributed by atoms with E-state index in [2.05, 4.69) is 17.1 Å².